The van der Waals surface area contributed by atoms with Crippen molar-refractivity contribution in [3.63, 3.8) is 0 Å². The van der Waals surface area contributed by atoms with E-state index in [0.717, 1.165) is 105 Å². The summed E-state index contributed by atoms with van der Waals surface area (Å²) in [7, 11) is 0. The van der Waals surface area contributed by atoms with Crippen LogP contribution in [-0.4, -0.2) is 24.1 Å². The molecule has 0 aliphatic heterocycles. The number of fused-ring (bicyclic) bond motifs is 6. The molecule has 0 fully saturated rings. The number of nitriles is 9. The monoisotopic (exact) mass is 1320 g/mol. The topological polar surface area (TPSA) is 263 Å². The molecule has 0 saturated carbocycles. The number of benzene rings is 13. The van der Waals surface area contributed by atoms with Crippen LogP contribution in [0.3, 0.4) is 0 Å². The fourth-order valence-corrected chi connectivity index (χ4v) is 13.9. The highest BCUT2D eigenvalue weighted by atomic mass is 15.0. The highest BCUT2D eigenvalue weighted by molar-refractivity contribution is 6.14. The predicted octanol–water partition coefficient (Wildman–Crippen LogP) is 19.9. The van der Waals surface area contributed by atoms with Crippen LogP contribution in [0.4, 0.5) is 0 Å². The molecule has 104 heavy (non-hydrogen) atoms. The first kappa shape index (κ1) is 62.7. The van der Waals surface area contributed by atoms with Crippen LogP contribution < -0.4 is 0 Å². The predicted molar refractivity (Wildman–Crippen MR) is 400 cm³/mol. The van der Waals surface area contributed by atoms with Gasteiger partial charge in [0.25, 0.3) is 0 Å². The van der Waals surface area contributed by atoms with Crippen LogP contribution >= 0.6 is 0 Å². The van der Waals surface area contributed by atoms with Gasteiger partial charge in [0.1, 0.15) is 0 Å². The highest BCUT2D eigenvalue weighted by Crippen LogP contribution is 2.46. The first-order valence-corrected chi connectivity index (χ1v) is 32.7. The van der Waals surface area contributed by atoms with E-state index in [2.05, 4.69) is 112 Å². The first-order valence-electron chi connectivity index (χ1n) is 32.7. The molecule has 0 unspecified atom stereocenters. The van der Waals surface area contributed by atoms with Gasteiger partial charge in [0, 0.05) is 49.5 Å². The van der Waals surface area contributed by atoms with E-state index in [1.807, 2.05) is 133 Å². The molecule has 0 aliphatic carbocycles. The number of hydrogen-bond donors (Lipinski definition) is 0. The van der Waals surface area contributed by atoms with Crippen LogP contribution in [-0.2, 0) is 0 Å². The number of hydrogen-bond acceptors (Lipinski definition) is 12. The fourth-order valence-electron chi connectivity index (χ4n) is 13.9. The van der Waals surface area contributed by atoms with Gasteiger partial charge in [-0.2, -0.15) is 47.4 Å². The maximum atomic E-state index is 10.2. The lowest BCUT2D eigenvalue weighted by atomic mass is 9.92. The molecule has 16 aromatic rings. The molecule has 14 heteroatoms. The first-order chi connectivity index (χ1) is 51.0. The minimum Gasteiger partial charge on any atom is -0.309 e. The Kier molecular flexibility index (Phi) is 15.7. The smallest absolute Gasteiger partial charge is 0.164 e. The standard InChI is InChI=1S/C90H44N14/c91-45-54-11-13-63(14-12-54)66-15-24-85(104-86-25-18-69(73-35-59(50-96)29-60(36-73)51-97)42-81(86)82-43-70(19-26-87(82)104)74-37-61(52-98)30-62(38-74)53-99)78(39-66)77-44-75(20-21-76(77)90-101-88(64-7-3-1-4-8-64)100-89(102-90)65-9-5-2-6-10-65)103-83-22-16-67(71-31-55(46-92)27-56(32-71)47-93)40-79(83)80-41-68(17-23-84(80)103)72-33-57(48-94)28-58(34-72)49-95/h1-44H. The number of aromatic nitrogens is 5. The Morgan fingerprint density at radius 2 is 0.519 bits per heavy atom. The van der Waals surface area contributed by atoms with Crippen LogP contribution in [0.2, 0.25) is 0 Å². The van der Waals surface area contributed by atoms with Crippen molar-refractivity contribution in [1.82, 2.24) is 24.1 Å². The summed E-state index contributed by atoms with van der Waals surface area (Å²) in [5.41, 5.74) is 18.6. The van der Waals surface area contributed by atoms with E-state index in [1.54, 1.807) is 84.9 Å². The molecule has 0 radical (unpaired) electrons. The Bertz CT molecular complexity index is 6320. The van der Waals surface area contributed by atoms with E-state index in [1.165, 1.54) is 0 Å². The normalized spacial score (nSPS) is 10.8. The summed E-state index contributed by atoms with van der Waals surface area (Å²) in [6.45, 7) is 0. The largest absolute Gasteiger partial charge is 0.309 e. The molecule has 0 saturated heterocycles. The van der Waals surface area contributed by atoms with Crippen molar-refractivity contribution >= 4 is 43.6 Å². The molecule has 0 bridgehead atoms. The molecule has 14 nitrogen and oxygen atoms in total. The molecule has 16 rings (SSSR count). The van der Waals surface area contributed by atoms with Gasteiger partial charge in [0.15, 0.2) is 17.5 Å². The molecule has 474 valence electrons. The molecule has 3 heterocycles. The van der Waals surface area contributed by atoms with Crippen LogP contribution in [0.1, 0.15) is 50.1 Å². The van der Waals surface area contributed by atoms with E-state index in [0.29, 0.717) is 101 Å². The SMILES string of the molecule is N#Cc1ccc(-c2ccc(-n3c4ccc(-c5cc(C#N)cc(C#N)c5)cc4c4cc(-c5cc(C#N)cc(C#N)c5)ccc43)c(-c3cc(-n4c5ccc(-c6cc(C#N)cc(C#N)c6)cc5c5cc(-c6cc(C#N)cc(C#N)c6)ccc54)ccc3-c3nc(-c4ccccc4)nc(-c4ccccc4)n3)c2)cc1. The summed E-state index contributed by atoms with van der Waals surface area (Å²) < 4.78 is 4.40. The average Bonchev–Trinajstić information content (AvgIpc) is 1.57. The maximum Gasteiger partial charge on any atom is 0.164 e. The summed E-state index contributed by atoms with van der Waals surface area (Å²) in [5.74, 6) is 1.24. The lowest BCUT2D eigenvalue weighted by molar-refractivity contribution is 1.07. The average molecular weight is 1320 g/mol. The lowest BCUT2D eigenvalue weighted by Crippen LogP contribution is -2.04. The van der Waals surface area contributed by atoms with Crippen molar-refractivity contribution in [3.8, 4) is 167 Å². The molecule has 3 aromatic heterocycles. The van der Waals surface area contributed by atoms with Gasteiger partial charge in [-0.05, 0) is 225 Å². The third-order valence-electron chi connectivity index (χ3n) is 18.7. The van der Waals surface area contributed by atoms with E-state index in [-0.39, 0.29) is 0 Å². The third kappa shape index (κ3) is 11.3. The van der Waals surface area contributed by atoms with Crippen molar-refractivity contribution in [2.24, 2.45) is 0 Å². The lowest BCUT2D eigenvalue weighted by Gasteiger charge is -2.20. The molecular weight excluding hydrogens is 1280 g/mol. The summed E-state index contributed by atoms with van der Waals surface area (Å²) in [5, 5.41) is 94.8. The summed E-state index contributed by atoms with van der Waals surface area (Å²) >= 11 is 0. The Labute approximate surface area is 595 Å². The van der Waals surface area contributed by atoms with Gasteiger partial charge in [0.2, 0.25) is 0 Å². The Balaban J connectivity index is 1.02. The van der Waals surface area contributed by atoms with Crippen molar-refractivity contribution in [2.75, 3.05) is 0 Å². The second kappa shape index (κ2) is 26.0. The molecular formula is C90H44N14. The highest BCUT2D eigenvalue weighted by Gasteiger charge is 2.26. The van der Waals surface area contributed by atoms with Gasteiger partial charge in [-0.25, -0.2) is 15.0 Å². The van der Waals surface area contributed by atoms with E-state index in [4.69, 9.17) is 15.0 Å². The van der Waals surface area contributed by atoms with E-state index < -0.39 is 0 Å². The third-order valence-corrected chi connectivity index (χ3v) is 18.7. The van der Waals surface area contributed by atoms with Crippen LogP contribution in [0, 0.1) is 102 Å². The number of nitrogens with zero attached hydrogens (tertiary/aromatic N) is 14. The van der Waals surface area contributed by atoms with Crippen molar-refractivity contribution < 1.29 is 0 Å². The summed E-state index contributed by atoms with van der Waals surface area (Å²) in [6, 6.07) is 104. The van der Waals surface area contributed by atoms with Gasteiger partial charge in [-0.15, -0.1) is 0 Å². The molecule has 13 aromatic carbocycles. The molecule has 0 N–H and O–H groups in total. The maximum absolute atomic E-state index is 10.2. The summed E-state index contributed by atoms with van der Waals surface area (Å²) in [6.07, 6.45) is 0. The van der Waals surface area contributed by atoms with Gasteiger partial charge in [-0.3, -0.25) is 0 Å². The second-order valence-corrected chi connectivity index (χ2v) is 24.9. The molecule has 0 atom stereocenters. The Hall–Kier alpha value is -16.1. The Morgan fingerprint density at radius 3 is 0.875 bits per heavy atom. The fraction of sp³-hybridized carbons (Fsp3) is 0. The van der Waals surface area contributed by atoms with Gasteiger partial charge >= 0.3 is 0 Å². The summed E-state index contributed by atoms with van der Waals surface area (Å²) in [4.78, 5) is 15.9. The molecule has 0 spiro atoms. The second-order valence-electron chi connectivity index (χ2n) is 24.9. The minimum absolute atomic E-state index is 0.328. The van der Waals surface area contributed by atoms with Crippen molar-refractivity contribution in [3.05, 3.63) is 317 Å². The molecule has 0 amide bonds. The zero-order valence-electron chi connectivity index (χ0n) is 54.7. The number of rotatable bonds is 11. The van der Waals surface area contributed by atoms with E-state index in [9.17, 15) is 47.4 Å². The van der Waals surface area contributed by atoms with Gasteiger partial charge < -0.3 is 9.13 Å². The zero-order valence-corrected chi connectivity index (χ0v) is 54.7. The Morgan fingerprint density at radius 1 is 0.202 bits per heavy atom. The van der Waals surface area contributed by atoms with Crippen LogP contribution in [0.15, 0.2) is 267 Å². The van der Waals surface area contributed by atoms with Crippen molar-refractivity contribution in [2.45, 2.75) is 0 Å². The van der Waals surface area contributed by atoms with Gasteiger partial charge in [0.05, 0.1) is 132 Å². The zero-order chi connectivity index (χ0) is 71.1. The molecule has 0 aliphatic rings. The quantitative estimate of drug-likeness (QED) is 0.117. The van der Waals surface area contributed by atoms with Crippen LogP contribution in [0.25, 0.3) is 156 Å². The van der Waals surface area contributed by atoms with Crippen LogP contribution in [0.5, 0.6) is 0 Å². The minimum atomic E-state index is 0.328. The van der Waals surface area contributed by atoms with E-state index >= 15 is 0 Å². The van der Waals surface area contributed by atoms with Crippen molar-refractivity contribution in [1.29, 1.82) is 47.4 Å². The van der Waals surface area contributed by atoms with Gasteiger partial charge in [-0.1, -0.05) is 103 Å².